The van der Waals surface area contributed by atoms with Gasteiger partial charge in [0.05, 0.1) is 6.04 Å². The molecule has 0 heterocycles. The lowest BCUT2D eigenvalue weighted by Crippen LogP contribution is -2.58. The second-order valence-corrected chi connectivity index (χ2v) is 9.75. The summed E-state index contributed by atoms with van der Waals surface area (Å²) in [7, 11) is 0. The van der Waals surface area contributed by atoms with Crippen molar-refractivity contribution in [1.29, 1.82) is 0 Å². The molecule has 216 valence electrons. The normalized spacial score (nSPS) is 14.6. The van der Waals surface area contributed by atoms with E-state index in [9.17, 15) is 34.2 Å². The lowest BCUT2D eigenvalue weighted by molar-refractivity contribution is -0.144. The molecule has 0 fully saturated rings. The van der Waals surface area contributed by atoms with Crippen molar-refractivity contribution in [3.63, 3.8) is 0 Å². The van der Waals surface area contributed by atoms with Gasteiger partial charge < -0.3 is 31.9 Å². The number of hydrogen-bond acceptors (Lipinski definition) is 6. The largest absolute Gasteiger partial charge is 0.481 e. The monoisotopic (exact) mass is 554 g/mol. The van der Waals surface area contributed by atoms with Crippen LogP contribution in [0.3, 0.4) is 0 Å². The van der Waals surface area contributed by atoms with Crippen molar-refractivity contribution in [2.45, 2.75) is 70.1 Å². The molecule has 5 unspecified atom stereocenters. The van der Waals surface area contributed by atoms with Crippen molar-refractivity contribution in [3.8, 4) is 0 Å². The zero-order valence-electron chi connectivity index (χ0n) is 22.7. The molecule has 0 aromatic heterocycles. The van der Waals surface area contributed by atoms with E-state index in [2.05, 4.69) is 16.0 Å². The Balaban J connectivity index is 2.24. The van der Waals surface area contributed by atoms with Gasteiger partial charge in [-0.05, 0) is 29.9 Å². The zero-order chi connectivity index (χ0) is 29.7. The predicted molar refractivity (Wildman–Crippen MR) is 148 cm³/mol. The number of carboxylic acid groups (broad SMARTS) is 2. The van der Waals surface area contributed by atoms with Gasteiger partial charge in [0, 0.05) is 12.8 Å². The molecule has 11 nitrogen and oxygen atoms in total. The molecule has 2 rings (SSSR count). The number of nitrogens with two attached hydrogens (primary N) is 1. The Kier molecular flexibility index (Phi) is 12.8. The molecule has 0 radical (unpaired) electrons. The molecule has 0 saturated carbocycles. The smallest absolute Gasteiger partial charge is 0.326 e. The van der Waals surface area contributed by atoms with Crippen molar-refractivity contribution >= 4 is 29.7 Å². The highest BCUT2D eigenvalue weighted by atomic mass is 16.4. The summed E-state index contributed by atoms with van der Waals surface area (Å²) in [5.74, 6) is -4.97. The predicted octanol–water partition coefficient (Wildman–Crippen LogP) is 1.25. The van der Waals surface area contributed by atoms with E-state index in [4.69, 9.17) is 5.73 Å². The molecular formula is C29H38N4O7. The highest BCUT2D eigenvalue weighted by Gasteiger charge is 2.32. The van der Waals surface area contributed by atoms with Crippen molar-refractivity contribution in [1.82, 2.24) is 16.0 Å². The van der Waals surface area contributed by atoms with Crippen LogP contribution in [-0.2, 0) is 36.8 Å². The Morgan fingerprint density at radius 3 is 1.75 bits per heavy atom. The van der Waals surface area contributed by atoms with E-state index < -0.39 is 66.2 Å². The number of rotatable bonds is 16. The van der Waals surface area contributed by atoms with Gasteiger partial charge >= 0.3 is 11.9 Å². The fraction of sp³-hybridized carbons (Fsp3) is 0.414. The Morgan fingerprint density at radius 1 is 0.750 bits per heavy atom. The second kappa shape index (κ2) is 16.0. The average molecular weight is 555 g/mol. The van der Waals surface area contributed by atoms with Gasteiger partial charge in [0.15, 0.2) is 0 Å². The minimum absolute atomic E-state index is 0.0777. The van der Waals surface area contributed by atoms with Crippen molar-refractivity contribution in [3.05, 3.63) is 71.8 Å². The Hall–Kier alpha value is -4.25. The molecule has 3 amide bonds. The first kappa shape index (κ1) is 32.0. The van der Waals surface area contributed by atoms with Crippen LogP contribution in [0.15, 0.2) is 60.7 Å². The third kappa shape index (κ3) is 10.5. The fourth-order valence-electron chi connectivity index (χ4n) is 4.04. The van der Waals surface area contributed by atoms with Gasteiger partial charge in [0.2, 0.25) is 17.7 Å². The first-order valence-corrected chi connectivity index (χ1v) is 13.2. The lowest BCUT2D eigenvalue weighted by atomic mass is 9.98. The maximum atomic E-state index is 13.4. The highest BCUT2D eigenvalue weighted by molar-refractivity contribution is 5.94. The number of aliphatic carboxylic acids is 2. The second-order valence-electron chi connectivity index (χ2n) is 9.75. The van der Waals surface area contributed by atoms with Gasteiger partial charge in [-0.1, -0.05) is 80.9 Å². The summed E-state index contributed by atoms with van der Waals surface area (Å²) in [6, 6.07) is 13.4. The van der Waals surface area contributed by atoms with Crippen LogP contribution in [-0.4, -0.2) is 64.0 Å². The number of hydrogen-bond donors (Lipinski definition) is 6. The molecule has 40 heavy (non-hydrogen) atoms. The van der Waals surface area contributed by atoms with E-state index in [0.717, 1.165) is 11.1 Å². The van der Waals surface area contributed by atoms with Crippen LogP contribution in [0.2, 0.25) is 0 Å². The van der Waals surface area contributed by atoms with E-state index in [1.165, 1.54) is 0 Å². The van der Waals surface area contributed by atoms with E-state index in [-0.39, 0.29) is 19.3 Å². The minimum Gasteiger partial charge on any atom is -0.481 e. The van der Waals surface area contributed by atoms with E-state index in [1.807, 2.05) is 30.3 Å². The molecule has 0 aliphatic rings. The van der Waals surface area contributed by atoms with Crippen molar-refractivity contribution < 1.29 is 34.2 Å². The molecule has 2 aromatic rings. The molecule has 0 bridgehead atoms. The number of amides is 3. The van der Waals surface area contributed by atoms with Crippen LogP contribution in [0.4, 0.5) is 0 Å². The first-order valence-electron chi connectivity index (χ1n) is 13.2. The minimum atomic E-state index is -1.34. The Labute approximate surface area is 233 Å². The molecule has 0 aliphatic heterocycles. The van der Waals surface area contributed by atoms with Crippen LogP contribution >= 0.6 is 0 Å². The van der Waals surface area contributed by atoms with Crippen LogP contribution in [0, 0.1) is 5.92 Å². The van der Waals surface area contributed by atoms with E-state index in [1.54, 1.807) is 44.2 Å². The molecule has 7 N–H and O–H groups in total. The van der Waals surface area contributed by atoms with Gasteiger partial charge in [-0.2, -0.15) is 0 Å². The topological polar surface area (TPSA) is 188 Å². The number of nitrogens with one attached hydrogen (secondary N) is 3. The van der Waals surface area contributed by atoms with Gasteiger partial charge in [-0.3, -0.25) is 19.2 Å². The van der Waals surface area contributed by atoms with Crippen molar-refractivity contribution in [2.24, 2.45) is 11.7 Å². The third-order valence-corrected chi connectivity index (χ3v) is 6.61. The van der Waals surface area contributed by atoms with Gasteiger partial charge in [-0.25, -0.2) is 4.79 Å². The Bertz CT molecular complexity index is 1140. The fourth-order valence-corrected chi connectivity index (χ4v) is 4.04. The zero-order valence-corrected chi connectivity index (χ0v) is 22.7. The highest BCUT2D eigenvalue weighted by Crippen LogP contribution is 2.11. The summed E-state index contributed by atoms with van der Waals surface area (Å²) in [4.78, 5) is 62.4. The van der Waals surface area contributed by atoms with Gasteiger partial charge in [0.1, 0.15) is 18.1 Å². The molecule has 0 saturated heterocycles. The molecule has 5 atom stereocenters. The van der Waals surface area contributed by atoms with Crippen molar-refractivity contribution in [2.75, 3.05) is 0 Å². The van der Waals surface area contributed by atoms with E-state index >= 15 is 0 Å². The number of benzene rings is 2. The number of carboxylic acids is 2. The quantitative estimate of drug-likeness (QED) is 0.179. The summed E-state index contributed by atoms with van der Waals surface area (Å²) in [6.45, 7) is 3.43. The van der Waals surface area contributed by atoms with Crippen LogP contribution in [0.1, 0.15) is 44.2 Å². The van der Waals surface area contributed by atoms with Crippen LogP contribution in [0.25, 0.3) is 0 Å². The maximum absolute atomic E-state index is 13.4. The summed E-state index contributed by atoms with van der Waals surface area (Å²) in [6.07, 6.45) is 0.0602. The standard InChI is InChI=1S/C29H38N4O7/c1-3-18(2)25(29(39)40)33-27(37)22(14-15-24(34)35)31-28(38)23(17-20-12-8-5-9-13-20)32-26(36)21(30)16-19-10-6-4-7-11-19/h4-13,18,21-23,25H,3,14-17,30H2,1-2H3,(H,31,38)(H,32,36)(H,33,37)(H,34,35)(H,39,40). The third-order valence-electron chi connectivity index (χ3n) is 6.61. The summed E-state index contributed by atoms with van der Waals surface area (Å²) < 4.78 is 0. The van der Waals surface area contributed by atoms with Crippen LogP contribution < -0.4 is 21.7 Å². The lowest BCUT2D eigenvalue weighted by Gasteiger charge is -2.26. The molecular weight excluding hydrogens is 516 g/mol. The van der Waals surface area contributed by atoms with Crippen LogP contribution in [0.5, 0.6) is 0 Å². The molecule has 0 aliphatic carbocycles. The SMILES string of the molecule is CCC(C)C(NC(=O)C(CCC(=O)O)NC(=O)C(Cc1ccccc1)NC(=O)C(N)Cc1ccccc1)C(=O)O. The first-order chi connectivity index (χ1) is 19.0. The number of carbonyl (C=O) groups is 5. The molecule has 0 spiro atoms. The molecule has 2 aromatic carbocycles. The average Bonchev–Trinajstić information content (AvgIpc) is 2.93. The summed E-state index contributed by atoms with van der Waals surface area (Å²) in [5.41, 5.74) is 7.69. The van der Waals surface area contributed by atoms with E-state index in [0.29, 0.717) is 6.42 Å². The van der Waals surface area contributed by atoms with Gasteiger partial charge in [0.25, 0.3) is 0 Å². The summed E-state index contributed by atoms with van der Waals surface area (Å²) >= 11 is 0. The summed E-state index contributed by atoms with van der Waals surface area (Å²) in [5, 5.41) is 26.3. The number of carbonyl (C=O) groups excluding carboxylic acids is 3. The Morgan fingerprint density at radius 2 is 1.25 bits per heavy atom. The maximum Gasteiger partial charge on any atom is 0.326 e. The molecule has 11 heteroatoms. The van der Waals surface area contributed by atoms with Gasteiger partial charge in [-0.15, -0.1) is 0 Å².